The lowest BCUT2D eigenvalue weighted by molar-refractivity contribution is -0.143. The van der Waals surface area contributed by atoms with Crippen LogP contribution in [0.25, 0.3) is 0 Å². The third-order valence-electron chi connectivity index (χ3n) is 3.95. The fourth-order valence-electron chi connectivity index (χ4n) is 2.43. The number of nitrogens with one attached hydrogen (secondary N) is 1. The summed E-state index contributed by atoms with van der Waals surface area (Å²) in [4.78, 5) is 35.0. The second kappa shape index (κ2) is 12.2. The highest BCUT2D eigenvalue weighted by molar-refractivity contribution is 7.89. The molecule has 0 atom stereocenters. The zero-order valence-electron chi connectivity index (χ0n) is 17.0. The molecule has 0 unspecified atom stereocenters. The number of ether oxygens (including phenoxy) is 2. The summed E-state index contributed by atoms with van der Waals surface area (Å²) in [7, 11) is -3.61. The van der Waals surface area contributed by atoms with Gasteiger partial charge >= 0.3 is 11.9 Å². The number of sulfonamides is 1. The zero-order valence-corrected chi connectivity index (χ0v) is 17.8. The quantitative estimate of drug-likeness (QED) is 0.394. The van der Waals surface area contributed by atoms with Gasteiger partial charge in [0.05, 0.1) is 17.1 Å². The standard InChI is InChI=1S/C19H28N2O7S/c1-4-21(5-2)29(25,26)16-11-9-15(10-12-16)19(24)28-14-17(22)20-13-7-8-18(23)27-6-3/h9-12H,4-8,13-14H2,1-3H3,(H,20,22). The van der Waals surface area contributed by atoms with Gasteiger partial charge in [-0.3, -0.25) is 9.59 Å². The van der Waals surface area contributed by atoms with Crippen LogP contribution in [-0.2, 0) is 29.1 Å². The molecule has 0 fully saturated rings. The Bertz CT molecular complexity index is 787. The fraction of sp³-hybridized carbons (Fsp3) is 0.526. The third-order valence-corrected chi connectivity index (χ3v) is 6.02. The van der Waals surface area contributed by atoms with Gasteiger partial charge in [0, 0.05) is 26.1 Å². The van der Waals surface area contributed by atoms with E-state index in [1.54, 1.807) is 20.8 Å². The number of carbonyl (C=O) groups is 3. The van der Waals surface area contributed by atoms with Gasteiger partial charge in [0.2, 0.25) is 10.0 Å². The number of hydrogen-bond acceptors (Lipinski definition) is 7. The minimum atomic E-state index is -3.61. The molecule has 0 spiro atoms. The van der Waals surface area contributed by atoms with E-state index in [1.807, 2.05) is 0 Å². The van der Waals surface area contributed by atoms with Gasteiger partial charge < -0.3 is 14.8 Å². The molecule has 0 aromatic heterocycles. The van der Waals surface area contributed by atoms with Crippen molar-refractivity contribution in [2.75, 3.05) is 32.8 Å². The lowest BCUT2D eigenvalue weighted by atomic mass is 10.2. The number of esters is 2. The summed E-state index contributed by atoms with van der Waals surface area (Å²) in [5.74, 6) is -1.57. The molecule has 0 heterocycles. The number of rotatable bonds is 12. The molecule has 1 N–H and O–H groups in total. The number of nitrogens with zero attached hydrogens (tertiary/aromatic N) is 1. The van der Waals surface area contributed by atoms with Crippen LogP contribution in [-0.4, -0.2) is 63.4 Å². The van der Waals surface area contributed by atoms with Crippen LogP contribution in [0.5, 0.6) is 0 Å². The van der Waals surface area contributed by atoms with Gasteiger partial charge in [0.15, 0.2) is 6.61 Å². The highest BCUT2D eigenvalue weighted by Gasteiger charge is 2.22. The first-order valence-electron chi connectivity index (χ1n) is 9.45. The molecule has 1 aromatic rings. The molecule has 0 aliphatic heterocycles. The van der Waals surface area contributed by atoms with Gasteiger partial charge in [-0.1, -0.05) is 13.8 Å². The first-order valence-corrected chi connectivity index (χ1v) is 10.9. The maximum absolute atomic E-state index is 12.4. The Labute approximate surface area is 171 Å². The van der Waals surface area contributed by atoms with Crippen LogP contribution in [0, 0.1) is 0 Å². The molecular formula is C19H28N2O7S. The molecule has 0 saturated carbocycles. The normalized spacial score (nSPS) is 11.2. The molecule has 0 bridgehead atoms. The van der Waals surface area contributed by atoms with Crippen molar-refractivity contribution in [3.63, 3.8) is 0 Å². The van der Waals surface area contributed by atoms with Crippen LogP contribution >= 0.6 is 0 Å². The topological polar surface area (TPSA) is 119 Å². The Morgan fingerprint density at radius 1 is 1.00 bits per heavy atom. The van der Waals surface area contributed by atoms with E-state index in [2.05, 4.69) is 5.32 Å². The molecule has 0 radical (unpaired) electrons. The predicted octanol–water partition coefficient (Wildman–Crippen LogP) is 1.33. The van der Waals surface area contributed by atoms with Crippen LogP contribution in [0.1, 0.15) is 44.0 Å². The lowest BCUT2D eigenvalue weighted by Crippen LogP contribution is -2.30. The Morgan fingerprint density at radius 2 is 1.62 bits per heavy atom. The van der Waals surface area contributed by atoms with E-state index in [9.17, 15) is 22.8 Å². The highest BCUT2D eigenvalue weighted by atomic mass is 32.2. The van der Waals surface area contributed by atoms with E-state index in [1.165, 1.54) is 28.6 Å². The monoisotopic (exact) mass is 428 g/mol. The fourth-order valence-corrected chi connectivity index (χ4v) is 3.89. The van der Waals surface area contributed by atoms with Crippen molar-refractivity contribution >= 4 is 27.9 Å². The van der Waals surface area contributed by atoms with E-state index < -0.39 is 28.5 Å². The first kappa shape index (κ1) is 24.6. The Morgan fingerprint density at radius 3 is 2.17 bits per heavy atom. The zero-order chi connectivity index (χ0) is 21.9. The SMILES string of the molecule is CCOC(=O)CCCNC(=O)COC(=O)c1ccc(S(=O)(=O)N(CC)CC)cc1. The summed E-state index contributed by atoms with van der Waals surface area (Å²) < 4.78 is 35.8. The first-order chi connectivity index (χ1) is 13.8. The Kier molecular flexibility index (Phi) is 10.3. The molecule has 9 nitrogen and oxygen atoms in total. The summed E-state index contributed by atoms with van der Waals surface area (Å²) in [5.41, 5.74) is 0.138. The van der Waals surface area contributed by atoms with Crippen molar-refractivity contribution < 1.29 is 32.3 Å². The second-order valence-electron chi connectivity index (χ2n) is 5.95. The largest absolute Gasteiger partial charge is 0.466 e. The van der Waals surface area contributed by atoms with Crippen molar-refractivity contribution in [2.45, 2.75) is 38.5 Å². The van der Waals surface area contributed by atoms with E-state index >= 15 is 0 Å². The van der Waals surface area contributed by atoms with E-state index in [0.717, 1.165) is 0 Å². The molecule has 10 heteroatoms. The van der Waals surface area contributed by atoms with Gasteiger partial charge in [0.25, 0.3) is 5.91 Å². The van der Waals surface area contributed by atoms with Crippen LogP contribution in [0.4, 0.5) is 0 Å². The van der Waals surface area contributed by atoms with Crippen molar-refractivity contribution in [1.29, 1.82) is 0 Å². The highest BCUT2D eigenvalue weighted by Crippen LogP contribution is 2.16. The van der Waals surface area contributed by atoms with Gasteiger partial charge in [-0.15, -0.1) is 0 Å². The summed E-state index contributed by atoms with van der Waals surface area (Å²) in [6, 6.07) is 5.35. The minimum Gasteiger partial charge on any atom is -0.466 e. The second-order valence-corrected chi connectivity index (χ2v) is 7.89. The van der Waals surface area contributed by atoms with Crippen LogP contribution < -0.4 is 5.32 Å². The number of hydrogen-bond donors (Lipinski definition) is 1. The molecule has 1 amide bonds. The molecule has 0 aliphatic carbocycles. The maximum Gasteiger partial charge on any atom is 0.338 e. The molecule has 0 aliphatic rings. The molecule has 29 heavy (non-hydrogen) atoms. The van der Waals surface area contributed by atoms with Crippen molar-refractivity contribution in [2.24, 2.45) is 0 Å². The average molecular weight is 429 g/mol. The third kappa shape index (κ3) is 7.82. The molecule has 162 valence electrons. The Hall–Kier alpha value is -2.46. The summed E-state index contributed by atoms with van der Waals surface area (Å²) >= 11 is 0. The van der Waals surface area contributed by atoms with Crippen molar-refractivity contribution in [3.05, 3.63) is 29.8 Å². The van der Waals surface area contributed by atoms with Crippen LogP contribution in [0.15, 0.2) is 29.2 Å². The number of carbonyl (C=O) groups excluding carboxylic acids is 3. The van der Waals surface area contributed by atoms with Gasteiger partial charge in [-0.2, -0.15) is 4.31 Å². The van der Waals surface area contributed by atoms with E-state index in [-0.39, 0.29) is 29.4 Å². The predicted molar refractivity (Wildman–Crippen MR) is 106 cm³/mol. The number of amides is 1. The minimum absolute atomic E-state index is 0.0806. The molecule has 1 aromatic carbocycles. The molecule has 1 rings (SSSR count). The summed E-state index contributed by atoms with van der Waals surface area (Å²) in [6.07, 6.45) is 0.609. The lowest BCUT2D eigenvalue weighted by Gasteiger charge is -2.18. The van der Waals surface area contributed by atoms with Crippen molar-refractivity contribution in [1.82, 2.24) is 9.62 Å². The summed E-state index contributed by atoms with van der Waals surface area (Å²) in [5, 5.41) is 2.53. The van der Waals surface area contributed by atoms with E-state index in [4.69, 9.17) is 9.47 Å². The van der Waals surface area contributed by atoms with E-state index in [0.29, 0.717) is 26.1 Å². The molecule has 0 saturated heterocycles. The van der Waals surface area contributed by atoms with Gasteiger partial charge in [-0.25, -0.2) is 13.2 Å². The smallest absolute Gasteiger partial charge is 0.338 e. The van der Waals surface area contributed by atoms with Crippen LogP contribution in [0.2, 0.25) is 0 Å². The molecular weight excluding hydrogens is 400 g/mol. The van der Waals surface area contributed by atoms with Crippen LogP contribution in [0.3, 0.4) is 0 Å². The van der Waals surface area contributed by atoms with Crippen molar-refractivity contribution in [3.8, 4) is 0 Å². The average Bonchev–Trinajstić information content (AvgIpc) is 2.70. The van der Waals surface area contributed by atoms with Gasteiger partial charge in [-0.05, 0) is 37.6 Å². The Balaban J connectivity index is 2.49. The number of benzene rings is 1. The summed E-state index contributed by atoms with van der Waals surface area (Å²) in [6.45, 7) is 5.98. The van der Waals surface area contributed by atoms with Gasteiger partial charge in [0.1, 0.15) is 0 Å². The maximum atomic E-state index is 12.4.